The summed E-state index contributed by atoms with van der Waals surface area (Å²) in [6, 6.07) is 8.24. The van der Waals surface area contributed by atoms with Crippen molar-refractivity contribution in [2.24, 2.45) is 5.16 Å². The Hall–Kier alpha value is -2.09. The van der Waals surface area contributed by atoms with Gasteiger partial charge < -0.3 is 9.57 Å². The van der Waals surface area contributed by atoms with E-state index in [1.165, 1.54) is 12.1 Å². The average Bonchev–Trinajstić information content (AvgIpc) is 2.95. The second-order valence-electron chi connectivity index (χ2n) is 5.25. The number of aromatic nitrogens is 1. The van der Waals surface area contributed by atoms with Crippen LogP contribution in [0.25, 0.3) is 0 Å². The lowest BCUT2D eigenvalue weighted by Crippen LogP contribution is -2.05. The lowest BCUT2D eigenvalue weighted by molar-refractivity contribution is -0.137. The Morgan fingerprint density at radius 3 is 2.71 bits per heavy atom. The molecule has 0 fully saturated rings. The highest BCUT2D eigenvalue weighted by Gasteiger charge is 2.30. The number of pyridine rings is 1. The minimum Gasteiger partial charge on any atom is -0.439 e. The van der Waals surface area contributed by atoms with Gasteiger partial charge in [-0.2, -0.15) is 13.2 Å². The maximum Gasteiger partial charge on any atom is 0.416 e. The summed E-state index contributed by atoms with van der Waals surface area (Å²) in [4.78, 5) is 9.59. The van der Waals surface area contributed by atoms with Crippen LogP contribution in [-0.2, 0) is 11.0 Å². The van der Waals surface area contributed by atoms with Crippen molar-refractivity contribution < 1.29 is 22.7 Å². The first-order chi connectivity index (χ1) is 11.3. The highest BCUT2D eigenvalue weighted by Crippen LogP contribution is 2.34. The monoisotopic (exact) mass is 400 g/mol. The Morgan fingerprint density at radius 2 is 2.04 bits per heavy atom. The van der Waals surface area contributed by atoms with Gasteiger partial charge in [-0.25, -0.2) is 4.98 Å². The van der Waals surface area contributed by atoms with Crippen LogP contribution in [0.1, 0.15) is 29.3 Å². The van der Waals surface area contributed by atoms with E-state index in [9.17, 15) is 13.2 Å². The normalized spacial score (nSPS) is 17.4. The molecule has 2 aromatic rings. The van der Waals surface area contributed by atoms with Gasteiger partial charge in [0.2, 0.25) is 5.88 Å². The topological polar surface area (TPSA) is 43.7 Å². The van der Waals surface area contributed by atoms with E-state index in [1.807, 2.05) is 0 Å². The van der Waals surface area contributed by atoms with Gasteiger partial charge in [-0.05, 0) is 47.1 Å². The summed E-state index contributed by atoms with van der Waals surface area (Å²) < 4.78 is 44.6. The molecule has 0 saturated heterocycles. The molecule has 2 heterocycles. The number of hydrogen-bond acceptors (Lipinski definition) is 4. The van der Waals surface area contributed by atoms with Crippen molar-refractivity contribution in [3.63, 3.8) is 0 Å². The van der Waals surface area contributed by atoms with Crippen molar-refractivity contribution in [1.82, 2.24) is 4.98 Å². The number of rotatable bonds is 3. The molecule has 1 aromatic heterocycles. The van der Waals surface area contributed by atoms with E-state index >= 15 is 0 Å². The molecule has 1 unspecified atom stereocenters. The van der Waals surface area contributed by atoms with Gasteiger partial charge in [0.1, 0.15) is 10.4 Å². The third kappa shape index (κ3) is 3.69. The summed E-state index contributed by atoms with van der Waals surface area (Å²) in [5.74, 6) is 0.306. The summed E-state index contributed by atoms with van der Waals surface area (Å²) in [5.41, 5.74) is 0.528. The van der Waals surface area contributed by atoms with Gasteiger partial charge in [-0.1, -0.05) is 17.3 Å². The van der Waals surface area contributed by atoms with Gasteiger partial charge in [0, 0.05) is 12.0 Å². The molecule has 3 rings (SSSR count). The van der Waals surface area contributed by atoms with Crippen molar-refractivity contribution in [2.45, 2.75) is 25.6 Å². The molecule has 1 aromatic carbocycles. The summed E-state index contributed by atoms with van der Waals surface area (Å²) in [7, 11) is 0. The molecule has 0 aliphatic carbocycles. The van der Waals surface area contributed by atoms with Gasteiger partial charge >= 0.3 is 6.18 Å². The van der Waals surface area contributed by atoms with Crippen LogP contribution in [0, 0.1) is 6.92 Å². The van der Waals surface area contributed by atoms with Crippen LogP contribution < -0.4 is 4.74 Å². The predicted molar refractivity (Wildman–Crippen MR) is 85.3 cm³/mol. The maximum atomic E-state index is 12.8. The van der Waals surface area contributed by atoms with Gasteiger partial charge in [0.25, 0.3) is 0 Å². The number of benzene rings is 1. The lowest BCUT2D eigenvalue weighted by Gasteiger charge is -2.13. The number of hydrogen-bond donors (Lipinski definition) is 0. The first-order valence-electron chi connectivity index (χ1n) is 7.04. The molecule has 8 heteroatoms. The van der Waals surface area contributed by atoms with Crippen LogP contribution in [0.2, 0.25) is 0 Å². The van der Waals surface area contributed by atoms with E-state index in [-0.39, 0.29) is 17.7 Å². The molecule has 1 atom stereocenters. The molecule has 0 radical (unpaired) electrons. The minimum atomic E-state index is -4.43. The molecule has 0 N–H and O–H groups in total. The molecule has 1 aliphatic heterocycles. The summed E-state index contributed by atoms with van der Waals surface area (Å²) in [5, 5.41) is 3.80. The number of ether oxygens (including phenoxy) is 1. The standard InChI is InChI=1S/C16H12BrF3N2O2/c1-9-5-6-12(13-8-14(17)22-24-13)21-15(9)23-11-4-2-3-10(7-11)16(18,19)20/h2-7,13H,8H2,1H3. The average molecular weight is 401 g/mol. The fourth-order valence-electron chi connectivity index (χ4n) is 2.16. The number of nitrogens with zero attached hydrogens (tertiary/aromatic N) is 2. The van der Waals surface area contributed by atoms with E-state index in [1.54, 1.807) is 19.1 Å². The van der Waals surface area contributed by atoms with Crippen molar-refractivity contribution in [3.05, 3.63) is 53.2 Å². The Bertz CT molecular complexity index is 793. The number of oxime groups is 1. The zero-order valence-electron chi connectivity index (χ0n) is 12.5. The van der Waals surface area contributed by atoms with Crippen molar-refractivity contribution in [2.75, 3.05) is 0 Å². The molecule has 24 heavy (non-hydrogen) atoms. The minimum absolute atomic E-state index is 0.0716. The van der Waals surface area contributed by atoms with Gasteiger partial charge in [0.05, 0.1) is 11.3 Å². The van der Waals surface area contributed by atoms with E-state index in [4.69, 9.17) is 9.57 Å². The lowest BCUT2D eigenvalue weighted by atomic mass is 10.1. The largest absolute Gasteiger partial charge is 0.439 e. The molecular weight excluding hydrogens is 389 g/mol. The molecule has 0 amide bonds. The Labute approximate surface area is 144 Å². The van der Waals surface area contributed by atoms with Crippen LogP contribution in [-0.4, -0.2) is 9.60 Å². The molecule has 0 spiro atoms. The zero-order valence-corrected chi connectivity index (χ0v) is 14.1. The van der Waals surface area contributed by atoms with Crippen molar-refractivity contribution in [3.8, 4) is 11.6 Å². The first kappa shape index (κ1) is 16.8. The van der Waals surface area contributed by atoms with Crippen LogP contribution in [0.5, 0.6) is 11.6 Å². The third-order valence-corrected chi connectivity index (χ3v) is 3.88. The molecule has 4 nitrogen and oxygen atoms in total. The first-order valence-corrected chi connectivity index (χ1v) is 7.83. The van der Waals surface area contributed by atoms with E-state index in [2.05, 4.69) is 26.1 Å². The molecular formula is C16H12BrF3N2O2. The Kier molecular flexibility index (Phi) is 4.49. The van der Waals surface area contributed by atoms with Crippen LogP contribution in [0.3, 0.4) is 0 Å². The van der Waals surface area contributed by atoms with E-state index < -0.39 is 11.7 Å². The van der Waals surface area contributed by atoms with E-state index in [0.29, 0.717) is 22.3 Å². The number of halogens is 4. The van der Waals surface area contributed by atoms with Crippen molar-refractivity contribution in [1.29, 1.82) is 0 Å². The molecule has 0 saturated carbocycles. The second-order valence-corrected chi connectivity index (χ2v) is 6.17. The number of alkyl halides is 3. The fourth-order valence-corrected chi connectivity index (χ4v) is 2.54. The van der Waals surface area contributed by atoms with Crippen molar-refractivity contribution >= 4 is 20.6 Å². The Morgan fingerprint density at radius 1 is 1.25 bits per heavy atom. The highest BCUT2D eigenvalue weighted by molar-refractivity contribution is 9.18. The third-order valence-electron chi connectivity index (χ3n) is 3.41. The summed E-state index contributed by atoms with van der Waals surface area (Å²) in [6.07, 6.45) is -4.23. The molecule has 126 valence electrons. The smallest absolute Gasteiger partial charge is 0.416 e. The Balaban J connectivity index is 1.85. The second kappa shape index (κ2) is 6.43. The van der Waals surface area contributed by atoms with Crippen LogP contribution in [0.4, 0.5) is 13.2 Å². The highest BCUT2D eigenvalue weighted by atomic mass is 79.9. The maximum absolute atomic E-state index is 12.8. The summed E-state index contributed by atoms with van der Waals surface area (Å²) in [6.45, 7) is 1.77. The van der Waals surface area contributed by atoms with Gasteiger partial charge in [-0.3, -0.25) is 0 Å². The SMILES string of the molecule is Cc1ccc(C2CC(Br)=NO2)nc1Oc1cccc(C(F)(F)F)c1. The zero-order chi connectivity index (χ0) is 17.3. The summed E-state index contributed by atoms with van der Waals surface area (Å²) >= 11 is 3.25. The molecule has 1 aliphatic rings. The predicted octanol–water partition coefficient (Wildman–Crippen LogP) is 5.37. The van der Waals surface area contributed by atoms with Gasteiger partial charge in [-0.15, -0.1) is 0 Å². The molecule has 0 bridgehead atoms. The fraction of sp³-hybridized carbons (Fsp3) is 0.250. The number of aryl methyl sites for hydroxylation is 1. The van der Waals surface area contributed by atoms with E-state index in [0.717, 1.165) is 12.1 Å². The quantitative estimate of drug-likeness (QED) is 0.695. The van der Waals surface area contributed by atoms with Crippen LogP contribution in [0.15, 0.2) is 41.6 Å². The van der Waals surface area contributed by atoms with Gasteiger partial charge in [0.15, 0.2) is 6.10 Å². The van der Waals surface area contributed by atoms with Crippen LogP contribution >= 0.6 is 15.9 Å².